The molecule has 1 rings (SSSR count). The van der Waals surface area contributed by atoms with Crippen molar-refractivity contribution >= 4 is 0 Å². The van der Waals surface area contributed by atoms with Gasteiger partial charge in [-0.2, -0.15) is 0 Å². The standard InChI is InChI=1S/C20H29/c1-3-5-7-9-10-12-14-20-17-15-19(16-18-20)13-11-8-6-4-2/h15-18H,4-14H2,2H3. The highest BCUT2D eigenvalue weighted by molar-refractivity contribution is 5.22. The van der Waals surface area contributed by atoms with Gasteiger partial charge < -0.3 is 0 Å². The van der Waals surface area contributed by atoms with Crippen LogP contribution >= 0.6 is 0 Å². The van der Waals surface area contributed by atoms with Gasteiger partial charge in [-0.1, -0.05) is 69.2 Å². The van der Waals surface area contributed by atoms with Gasteiger partial charge in [-0.05, 0) is 49.7 Å². The lowest BCUT2D eigenvalue weighted by molar-refractivity contribution is 0.649. The van der Waals surface area contributed by atoms with E-state index in [0.29, 0.717) is 0 Å². The lowest BCUT2D eigenvalue weighted by atomic mass is 10.0. The molecule has 0 unspecified atom stereocenters. The average Bonchev–Trinajstić information content (AvgIpc) is 2.49. The van der Waals surface area contributed by atoms with Gasteiger partial charge in [0.1, 0.15) is 0 Å². The van der Waals surface area contributed by atoms with Gasteiger partial charge >= 0.3 is 0 Å². The number of unbranched alkanes of at least 4 members (excludes halogenated alkanes) is 7. The molecule has 0 spiro atoms. The van der Waals surface area contributed by atoms with E-state index < -0.39 is 0 Å². The summed E-state index contributed by atoms with van der Waals surface area (Å²) in [6, 6.07) is 9.23. The molecule has 0 heterocycles. The van der Waals surface area contributed by atoms with E-state index in [1.165, 1.54) is 68.9 Å². The van der Waals surface area contributed by atoms with Gasteiger partial charge in [-0.15, -0.1) is 0 Å². The van der Waals surface area contributed by atoms with Gasteiger partial charge in [-0.3, -0.25) is 0 Å². The fourth-order valence-corrected chi connectivity index (χ4v) is 2.52. The van der Waals surface area contributed by atoms with Crippen LogP contribution in [0.2, 0.25) is 0 Å². The molecule has 0 fully saturated rings. The van der Waals surface area contributed by atoms with Crippen molar-refractivity contribution in [3.63, 3.8) is 0 Å². The Morgan fingerprint density at radius 3 is 1.75 bits per heavy atom. The Morgan fingerprint density at radius 2 is 1.25 bits per heavy atom. The first-order valence-electron chi connectivity index (χ1n) is 8.34. The molecule has 0 nitrogen and oxygen atoms in total. The molecule has 0 saturated carbocycles. The highest BCUT2D eigenvalue weighted by atomic mass is 14.0. The Hall–Kier alpha value is -1.22. The van der Waals surface area contributed by atoms with Crippen LogP contribution in [-0.2, 0) is 12.8 Å². The molecular weight excluding hydrogens is 240 g/mol. The van der Waals surface area contributed by atoms with Gasteiger partial charge in [0.05, 0.1) is 0 Å². The van der Waals surface area contributed by atoms with Gasteiger partial charge in [0.15, 0.2) is 0 Å². The summed E-state index contributed by atoms with van der Waals surface area (Å²) in [4.78, 5) is 0. The molecule has 0 amide bonds. The van der Waals surface area contributed by atoms with E-state index in [1.807, 2.05) is 0 Å². The number of hydrogen-bond donors (Lipinski definition) is 0. The topological polar surface area (TPSA) is 0 Å². The van der Waals surface area contributed by atoms with Gasteiger partial charge in [-0.25, -0.2) is 0 Å². The third-order valence-corrected chi connectivity index (χ3v) is 3.86. The molecule has 20 heavy (non-hydrogen) atoms. The summed E-state index contributed by atoms with van der Waals surface area (Å²) in [5.41, 5.74) is 2.97. The first-order chi connectivity index (χ1) is 9.86. The zero-order chi connectivity index (χ0) is 14.5. The Balaban J connectivity index is 2.13. The minimum atomic E-state index is 0.826. The van der Waals surface area contributed by atoms with Crippen LogP contribution in [0.25, 0.3) is 0 Å². The maximum absolute atomic E-state index is 6.86. The Labute approximate surface area is 126 Å². The largest absolute Gasteiger partial charge is 0.0891 e. The third-order valence-electron chi connectivity index (χ3n) is 3.86. The van der Waals surface area contributed by atoms with E-state index in [1.54, 1.807) is 0 Å². The third kappa shape index (κ3) is 8.05. The lowest BCUT2D eigenvalue weighted by Crippen LogP contribution is -1.89. The molecule has 0 heteroatoms. The second-order valence-electron chi connectivity index (χ2n) is 5.72. The molecule has 109 valence electrons. The second-order valence-corrected chi connectivity index (χ2v) is 5.72. The maximum Gasteiger partial charge on any atom is 0.00989 e. The van der Waals surface area contributed by atoms with E-state index in [9.17, 15) is 0 Å². The molecule has 0 N–H and O–H groups in total. The molecule has 0 aromatic heterocycles. The SMILES string of the molecule is [C]#CCCCCCCc1ccc(CCCCCC)cc1. The van der Waals surface area contributed by atoms with Crippen molar-refractivity contribution in [1.29, 1.82) is 0 Å². The van der Waals surface area contributed by atoms with Crippen LogP contribution in [0.3, 0.4) is 0 Å². The van der Waals surface area contributed by atoms with Crippen LogP contribution in [0.4, 0.5) is 0 Å². The molecule has 0 aliphatic heterocycles. The summed E-state index contributed by atoms with van der Waals surface area (Å²) in [5.74, 6) is 2.46. The predicted molar refractivity (Wildman–Crippen MR) is 88.2 cm³/mol. The molecule has 1 radical (unpaired) electrons. The highest BCUT2D eigenvalue weighted by Gasteiger charge is 1.96. The van der Waals surface area contributed by atoms with E-state index >= 15 is 0 Å². The van der Waals surface area contributed by atoms with Crippen molar-refractivity contribution in [2.75, 3.05) is 0 Å². The number of benzene rings is 1. The highest BCUT2D eigenvalue weighted by Crippen LogP contribution is 2.12. The van der Waals surface area contributed by atoms with Crippen LogP contribution < -0.4 is 0 Å². The predicted octanol–water partition coefficient (Wildman–Crippen LogP) is 5.89. The van der Waals surface area contributed by atoms with E-state index in [2.05, 4.69) is 37.1 Å². The Kier molecular flexibility index (Phi) is 9.76. The first kappa shape index (κ1) is 16.8. The van der Waals surface area contributed by atoms with Gasteiger partial charge in [0, 0.05) is 6.42 Å². The summed E-state index contributed by atoms with van der Waals surface area (Å²) in [6.07, 6.45) is 20.4. The van der Waals surface area contributed by atoms with Crippen LogP contribution in [0.15, 0.2) is 24.3 Å². The van der Waals surface area contributed by atoms with Crippen LogP contribution in [0.5, 0.6) is 0 Å². The van der Waals surface area contributed by atoms with Crippen molar-refractivity contribution in [1.82, 2.24) is 0 Å². The van der Waals surface area contributed by atoms with Crippen molar-refractivity contribution in [3.05, 3.63) is 41.8 Å². The second kappa shape index (κ2) is 11.6. The maximum atomic E-state index is 6.86. The Morgan fingerprint density at radius 1 is 0.750 bits per heavy atom. The molecule has 0 atom stereocenters. The lowest BCUT2D eigenvalue weighted by Gasteiger charge is -2.04. The summed E-state index contributed by atoms with van der Waals surface area (Å²) in [6.45, 7) is 2.26. The van der Waals surface area contributed by atoms with E-state index in [4.69, 9.17) is 6.42 Å². The molecule has 1 aromatic rings. The van der Waals surface area contributed by atoms with Crippen LogP contribution in [-0.4, -0.2) is 0 Å². The van der Waals surface area contributed by atoms with Crippen molar-refractivity contribution in [3.8, 4) is 5.92 Å². The summed E-state index contributed by atoms with van der Waals surface area (Å²) >= 11 is 0. The normalized spacial score (nSPS) is 10.4. The fraction of sp³-hybridized carbons (Fsp3) is 0.600. The average molecular weight is 269 g/mol. The monoisotopic (exact) mass is 269 g/mol. The van der Waals surface area contributed by atoms with Crippen molar-refractivity contribution in [2.45, 2.75) is 77.6 Å². The van der Waals surface area contributed by atoms with E-state index in [0.717, 1.165) is 12.8 Å². The number of hydrogen-bond acceptors (Lipinski definition) is 0. The summed E-state index contributed by atoms with van der Waals surface area (Å²) in [7, 11) is 0. The first-order valence-corrected chi connectivity index (χ1v) is 8.34. The molecular formula is C20H29. The molecule has 0 saturated heterocycles. The minimum absolute atomic E-state index is 0.826. The van der Waals surface area contributed by atoms with Gasteiger partial charge in [0.2, 0.25) is 0 Å². The van der Waals surface area contributed by atoms with Crippen molar-refractivity contribution in [2.24, 2.45) is 0 Å². The smallest absolute Gasteiger partial charge is 0.00989 e. The number of aryl methyl sites for hydroxylation is 2. The van der Waals surface area contributed by atoms with Crippen molar-refractivity contribution < 1.29 is 0 Å². The summed E-state index contributed by atoms with van der Waals surface area (Å²) < 4.78 is 0. The zero-order valence-corrected chi connectivity index (χ0v) is 13.1. The molecule has 0 aliphatic rings. The minimum Gasteiger partial charge on any atom is -0.0891 e. The quantitative estimate of drug-likeness (QED) is 0.347. The molecule has 1 aromatic carbocycles. The zero-order valence-electron chi connectivity index (χ0n) is 13.1. The summed E-state index contributed by atoms with van der Waals surface area (Å²) in [5, 5.41) is 0. The molecule has 0 bridgehead atoms. The van der Waals surface area contributed by atoms with E-state index in [-0.39, 0.29) is 0 Å². The fourth-order valence-electron chi connectivity index (χ4n) is 2.52. The Bertz CT molecular complexity index is 366. The number of rotatable bonds is 11. The van der Waals surface area contributed by atoms with Gasteiger partial charge in [0.25, 0.3) is 0 Å². The molecule has 0 aliphatic carbocycles. The van der Waals surface area contributed by atoms with Crippen LogP contribution in [0, 0.1) is 12.3 Å². The van der Waals surface area contributed by atoms with Crippen LogP contribution in [0.1, 0.15) is 75.8 Å².